The van der Waals surface area contributed by atoms with Crippen LogP contribution in [-0.2, 0) is 6.54 Å². The first-order chi connectivity index (χ1) is 12.7. The molecule has 0 saturated heterocycles. The van der Waals surface area contributed by atoms with E-state index in [0.717, 1.165) is 17.6 Å². The number of fused-ring (bicyclic) bond motifs is 1. The first kappa shape index (κ1) is 18.2. The van der Waals surface area contributed by atoms with Gasteiger partial charge in [0.05, 0.1) is 11.6 Å². The molecule has 0 amide bonds. The fraction of sp³-hybridized carbons (Fsp3) is 0.348. The summed E-state index contributed by atoms with van der Waals surface area (Å²) in [4.78, 5) is 5.47. The van der Waals surface area contributed by atoms with Gasteiger partial charge in [0.2, 0.25) is 0 Å². The zero-order valence-electron chi connectivity index (χ0n) is 15.7. The molecule has 0 radical (unpaired) electrons. The van der Waals surface area contributed by atoms with Crippen molar-refractivity contribution in [3.05, 3.63) is 71.4 Å². The fourth-order valence-electron chi connectivity index (χ4n) is 3.73. The molecule has 1 aliphatic rings. The van der Waals surface area contributed by atoms with Gasteiger partial charge >= 0.3 is 0 Å². The molecule has 0 aliphatic heterocycles. The smallest absolute Gasteiger partial charge is 0.0991 e. The van der Waals surface area contributed by atoms with Crippen LogP contribution in [0.3, 0.4) is 0 Å². The van der Waals surface area contributed by atoms with Gasteiger partial charge in [0.15, 0.2) is 0 Å². The summed E-state index contributed by atoms with van der Waals surface area (Å²) in [5.74, 6) is 0.697. The number of aromatic nitrogens is 1. The predicted molar refractivity (Wildman–Crippen MR) is 108 cm³/mol. The maximum atomic E-state index is 8.93. The van der Waals surface area contributed by atoms with E-state index in [1.807, 2.05) is 24.3 Å². The van der Waals surface area contributed by atoms with Crippen LogP contribution in [-0.4, -0.2) is 24.0 Å². The number of benzene rings is 2. The number of nitriles is 1. The molecule has 4 rings (SSSR count). The molecule has 26 heavy (non-hydrogen) atoms. The molecule has 134 valence electrons. The van der Waals surface area contributed by atoms with Crippen molar-refractivity contribution in [1.82, 2.24) is 9.88 Å². The van der Waals surface area contributed by atoms with Crippen molar-refractivity contribution in [1.29, 1.82) is 5.26 Å². The van der Waals surface area contributed by atoms with E-state index in [1.54, 1.807) is 0 Å². The van der Waals surface area contributed by atoms with Crippen LogP contribution in [0, 0.1) is 11.3 Å². The number of nitrogens with one attached hydrogen (secondary N) is 1. The molecule has 1 aromatic heterocycles. The van der Waals surface area contributed by atoms with E-state index >= 15 is 0 Å². The molecule has 3 nitrogen and oxygen atoms in total. The third-order valence-corrected chi connectivity index (χ3v) is 4.98. The molecular weight excluding hydrogens is 318 g/mol. The summed E-state index contributed by atoms with van der Waals surface area (Å²) in [5.41, 5.74) is 4.68. The Morgan fingerprint density at radius 3 is 2.46 bits per heavy atom. The minimum absolute atomic E-state index is 0.697. The molecule has 3 heteroatoms. The molecule has 3 aromatic rings. The van der Waals surface area contributed by atoms with Gasteiger partial charge < -0.3 is 9.88 Å². The topological polar surface area (TPSA) is 42.8 Å². The predicted octanol–water partition coefficient (Wildman–Crippen LogP) is 5.45. The molecule has 0 spiro atoms. The van der Waals surface area contributed by atoms with Crippen LogP contribution in [0.2, 0.25) is 0 Å². The highest BCUT2D eigenvalue weighted by molar-refractivity contribution is 5.85. The monoisotopic (exact) mass is 345 g/mol. The maximum absolute atomic E-state index is 8.93. The Hall–Kier alpha value is -2.57. The lowest BCUT2D eigenvalue weighted by Gasteiger charge is -2.08. The molecule has 1 N–H and O–H groups in total. The van der Waals surface area contributed by atoms with Gasteiger partial charge in [0, 0.05) is 23.6 Å². The van der Waals surface area contributed by atoms with Crippen LogP contribution in [0.15, 0.2) is 54.7 Å². The number of H-pyrrole nitrogens is 1. The Morgan fingerprint density at radius 1 is 1.08 bits per heavy atom. The van der Waals surface area contributed by atoms with Crippen molar-refractivity contribution < 1.29 is 0 Å². The SMILES string of the molecule is CN(C)Cc1ccccc1.N#Cc1ccc2[nH]cc(C3CCCC3)c2c1. The second-order valence-corrected chi connectivity index (χ2v) is 7.32. The first-order valence-corrected chi connectivity index (χ1v) is 9.37. The van der Waals surface area contributed by atoms with Gasteiger partial charge in [-0.25, -0.2) is 0 Å². The van der Waals surface area contributed by atoms with E-state index in [2.05, 4.69) is 60.5 Å². The summed E-state index contributed by atoms with van der Waals surface area (Å²) in [6.07, 6.45) is 7.40. The van der Waals surface area contributed by atoms with Crippen molar-refractivity contribution in [2.75, 3.05) is 14.1 Å². The van der Waals surface area contributed by atoms with Crippen LogP contribution in [0.25, 0.3) is 10.9 Å². The van der Waals surface area contributed by atoms with E-state index in [-0.39, 0.29) is 0 Å². The van der Waals surface area contributed by atoms with Crippen LogP contribution >= 0.6 is 0 Å². The van der Waals surface area contributed by atoms with Crippen molar-refractivity contribution in [2.24, 2.45) is 0 Å². The van der Waals surface area contributed by atoms with E-state index in [0.29, 0.717) is 5.92 Å². The van der Waals surface area contributed by atoms with Crippen molar-refractivity contribution in [3.8, 4) is 6.07 Å². The highest BCUT2D eigenvalue weighted by Gasteiger charge is 2.20. The van der Waals surface area contributed by atoms with Crippen molar-refractivity contribution >= 4 is 10.9 Å². The number of aromatic amines is 1. The van der Waals surface area contributed by atoms with Crippen LogP contribution in [0.5, 0.6) is 0 Å². The van der Waals surface area contributed by atoms with Crippen LogP contribution < -0.4 is 0 Å². The third-order valence-electron chi connectivity index (χ3n) is 4.98. The van der Waals surface area contributed by atoms with E-state index in [4.69, 9.17) is 5.26 Å². The molecular formula is C23H27N3. The zero-order valence-corrected chi connectivity index (χ0v) is 15.7. The summed E-state index contributed by atoms with van der Waals surface area (Å²) in [7, 11) is 4.15. The van der Waals surface area contributed by atoms with Gasteiger partial charge in [0.1, 0.15) is 0 Å². The van der Waals surface area contributed by atoms with E-state index < -0.39 is 0 Å². The Labute approximate surface area is 156 Å². The normalized spacial score (nSPS) is 14.2. The molecule has 1 heterocycles. The highest BCUT2D eigenvalue weighted by Crippen LogP contribution is 2.37. The number of hydrogen-bond acceptors (Lipinski definition) is 2. The molecule has 0 unspecified atom stereocenters. The first-order valence-electron chi connectivity index (χ1n) is 9.37. The molecule has 1 saturated carbocycles. The minimum Gasteiger partial charge on any atom is -0.361 e. The van der Waals surface area contributed by atoms with Gasteiger partial charge in [-0.05, 0) is 62.2 Å². The minimum atomic E-state index is 0.697. The quantitative estimate of drug-likeness (QED) is 0.686. The maximum Gasteiger partial charge on any atom is 0.0991 e. The van der Waals surface area contributed by atoms with Gasteiger partial charge in [-0.3, -0.25) is 0 Å². The van der Waals surface area contributed by atoms with Crippen molar-refractivity contribution in [3.63, 3.8) is 0 Å². The van der Waals surface area contributed by atoms with Gasteiger partial charge in [-0.2, -0.15) is 5.26 Å². The second kappa shape index (κ2) is 8.69. The highest BCUT2D eigenvalue weighted by atomic mass is 15.0. The Morgan fingerprint density at radius 2 is 1.81 bits per heavy atom. The second-order valence-electron chi connectivity index (χ2n) is 7.32. The summed E-state index contributed by atoms with van der Waals surface area (Å²) < 4.78 is 0. The lowest BCUT2D eigenvalue weighted by molar-refractivity contribution is 0.402. The third kappa shape index (κ3) is 4.53. The molecule has 1 fully saturated rings. The average molecular weight is 345 g/mol. The van der Waals surface area contributed by atoms with E-state index in [1.165, 1.54) is 42.2 Å². The summed E-state index contributed by atoms with van der Waals surface area (Å²) in [6.45, 7) is 1.03. The average Bonchev–Trinajstić information content (AvgIpc) is 3.31. The number of hydrogen-bond donors (Lipinski definition) is 1. The zero-order chi connectivity index (χ0) is 18.4. The van der Waals surface area contributed by atoms with E-state index in [9.17, 15) is 0 Å². The molecule has 1 aliphatic carbocycles. The van der Waals surface area contributed by atoms with Crippen molar-refractivity contribution in [2.45, 2.75) is 38.1 Å². The lowest BCUT2D eigenvalue weighted by atomic mass is 9.96. The number of rotatable bonds is 3. The van der Waals surface area contributed by atoms with Crippen LogP contribution in [0.1, 0.15) is 48.3 Å². The Kier molecular flexibility index (Phi) is 6.09. The number of nitrogens with zero attached hydrogens (tertiary/aromatic N) is 2. The van der Waals surface area contributed by atoms with Gasteiger partial charge in [-0.15, -0.1) is 0 Å². The van der Waals surface area contributed by atoms with Gasteiger partial charge in [-0.1, -0.05) is 43.2 Å². The fourth-order valence-corrected chi connectivity index (χ4v) is 3.73. The summed E-state index contributed by atoms with van der Waals surface area (Å²) in [5, 5.41) is 10.2. The molecule has 0 atom stereocenters. The van der Waals surface area contributed by atoms with Gasteiger partial charge in [0.25, 0.3) is 0 Å². The Balaban J connectivity index is 0.000000170. The molecule has 0 bridgehead atoms. The summed E-state index contributed by atoms with van der Waals surface area (Å²) >= 11 is 0. The largest absolute Gasteiger partial charge is 0.361 e. The standard InChI is InChI=1S/C14H14N2.C9H13N/c15-8-10-5-6-14-12(7-10)13(9-16-14)11-3-1-2-4-11;1-10(2)8-9-6-4-3-5-7-9/h5-7,9,11,16H,1-4H2;3-7H,8H2,1-2H3. The lowest BCUT2D eigenvalue weighted by Crippen LogP contribution is -2.10. The Bertz CT molecular complexity index is 865. The van der Waals surface area contributed by atoms with Crippen LogP contribution in [0.4, 0.5) is 0 Å². The molecule has 2 aromatic carbocycles. The summed E-state index contributed by atoms with van der Waals surface area (Å²) in [6, 6.07) is 18.6.